The lowest BCUT2D eigenvalue weighted by atomic mass is 10.1. The zero-order valence-electron chi connectivity index (χ0n) is 15.6. The molecule has 0 aliphatic heterocycles. The van der Waals surface area contributed by atoms with E-state index in [-0.39, 0.29) is 27.8 Å². The minimum absolute atomic E-state index is 0.0578. The number of nitrogens with zero attached hydrogens (tertiary/aromatic N) is 4. The summed E-state index contributed by atoms with van der Waals surface area (Å²) in [6, 6.07) is 4.67. The molecule has 0 bridgehead atoms. The first-order chi connectivity index (χ1) is 13.5. The molecule has 1 amide bonds. The molecule has 1 N–H and O–H groups in total. The first-order valence-electron chi connectivity index (χ1n) is 8.23. The van der Waals surface area contributed by atoms with Gasteiger partial charge < -0.3 is 9.88 Å². The summed E-state index contributed by atoms with van der Waals surface area (Å²) in [6.45, 7) is 0. The van der Waals surface area contributed by atoms with Crippen molar-refractivity contribution < 1.29 is 18.0 Å². The van der Waals surface area contributed by atoms with Crippen molar-refractivity contribution in [2.45, 2.75) is 11.3 Å². The number of alkyl halides is 3. The van der Waals surface area contributed by atoms with Crippen molar-refractivity contribution in [2.75, 3.05) is 11.1 Å². The minimum atomic E-state index is -4.60. The average molecular weight is 427 g/mol. The van der Waals surface area contributed by atoms with Gasteiger partial charge in [-0.2, -0.15) is 13.2 Å². The number of rotatable bonds is 4. The Labute approximate surface area is 166 Å². The molecule has 0 aliphatic carbocycles. The van der Waals surface area contributed by atoms with Crippen molar-refractivity contribution in [3.63, 3.8) is 0 Å². The smallest absolute Gasteiger partial charge is 0.325 e. The molecule has 3 aromatic rings. The molecule has 0 saturated carbocycles. The van der Waals surface area contributed by atoms with E-state index in [0.29, 0.717) is 0 Å². The van der Waals surface area contributed by atoms with E-state index in [0.717, 1.165) is 22.4 Å². The number of hydrogen-bond donors (Lipinski definition) is 1. The normalized spacial score (nSPS) is 11.8. The van der Waals surface area contributed by atoms with Crippen molar-refractivity contribution in [2.24, 2.45) is 21.1 Å². The molecule has 29 heavy (non-hydrogen) atoms. The largest absolute Gasteiger partial charge is 0.418 e. The maximum Gasteiger partial charge on any atom is 0.418 e. The van der Waals surface area contributed by atoms with E-state index >= 15 is 0 Å². The predicted octanol–water partition coefficient (Wildman–Crippen LogP) is 1.72. The molecule has 0 fully saturated rings. The van der Waals surface area contributed by atoms with E-state index in [1.165, 1.54) is 41.4 Å². The van der Waals surface area contributed by atoms with Crippen molar-refractivity contribution in [3.8, 4) is 0 Å². The van der Waals surface area contributed by atoms with Gasteiger partial charge in [0.15, 0.2) is 16.3 Å². The lowest BCUT2D eigenvalue weighted by Crippen LogP contribution is -2.37. The summed E-state index contributed by atoms with van der Waals surface area (Å²) >= 11 is 0.938. The monoisotopic (exact) mass is 427 g/mol. The fraction of sp³-hybridized carbons (Fsp3) is 0.294. The number of para-hydroxylation sites is 1. The Hall–Kier alpha value is -3.02. The van der Waals surface area contributed by atoms with Crippen molar-refractivity contribution in [1.29, 1.82) is 0 Å². The lowest BCUT2D eigenvalue weighted by molar-refractivity contribution is -0.137. The van der Waals surface area contributed by atoms with E-state index < -0.39 is 28.9 Å². The van der Waals surface area contributed by atoms with Crippen LogP contribution in [0.1, 0.15) is 5.56 Å². The highest BCUT2D eigenvalue weighted by molar-refractivity contribution is 7.99. The second-order valence-corrected chi connectivity index (χ2v) is 7.15. The Morgan fingerprint density at radius 3 is 2.41 bits per heavy atom. The lowest BCUT2D eigenvalue weighted by Gasteiger charge is -2.13. The number of imidazole rings is 1. The van der Waals surface area contributed by atoms with Gasteiger partial charge in [0.05, 0.1) is 17.0 Å². The predicted molar refractivity (Wildman–Crippen MR) is 102 cm³/mol. The van der Waals surface area contributed by atoms with Gasteiger partial charge in [-0.3, -0.25) is 18.7 Å². The van der Waals surface area contributed by atoms with Gasteiger partial charge in [-0.05, 0) is 12.1 Å². The van der Waals surface area contributed by atoms with Crippen LogP contribution < -0.4 is 16.6 Å². The van der Waals surface area contributed by atoms with Crippen LogP contribution in [-0.2, 0) is 32.1 Å². The van der Waals surface area contributed by atoms with Crippen LogP contribution in [0.15, 0.2) is 39.0 Å². The van der Waals surface area contributed by atoms with Gasteiger partial charge in [-0.1, -0.05) is 23.9 Å². The maximum atomic E-state index is 13.0. The minimum Gasteiger partial charge on any atom is -0.325 e. The quantitative estimate of drug-likeness (QED) is 0.641. The van der Waals surface area contributed by atoms with Crippen LogP contribution >= 0.6 is 11.8 Å². The van der Waals surface area contributed by atoms with Gasteiger partial charge >= 0.3 is 11.9 Å². The number of fused-ring (bicyclic) bond motifs is 1. The van der Waals surface area contributed by atoms with Crippen LogP contribution in [0.4, 0.5) is 18.9 Å². The molecule has 1 aromatic carbocycles. The molecular weight excluding hydrogens is 411 g/mol. The van der Waals surface area contributed by atoms with Crippen molar-refractivity contribution in [3.05, 3.63) is 50.7 Å². The molecule has 2 heterocycles. The van der Waals surface area contributed by atoms with Gasteiger partial charge in [0.25, 0.3) is 5.56 Å². The number of hydrogen-bond acceptors (Lipinski definition) is 5. The van der Waals surface area contributed by atoms with Crippen molar-refractivity contribution >= 4 is 34.5 Å². The number of anilines is 1. The summed E-state index contributed by atoms with van der Waals surface area (Å²) in [4.78, 5) is 40.7. The molecule has 12 heteroatoms. The Morgan fingerprint density at radius 1 is 1.10 bits per heavy atom. The van der Waals surface area contributed by atoms with Crippen LogP contribution in [0.5, 0.6) is 0 Å². The number of nitrogens with one attached hydrogen (secondary N) is 1. The number of aromatic nitrogens is 4. The highest BCUT2D eigenvalue weighted by Crippen LogP contribution is 2.34. The second kappa shape index (κ2) is 7.43. The Bertz CT molecular complexity index is 1230. The molecule has 0 spiro atoms. The van der Waals surface area contributed by atoms with E-state index in [1.807, 2.05) is 0 Å². The molecular formula is C17H16F3N5O3S. The third-order valence-corrected chi connectivity index (χ3v) is 5.29. The molecule has 0 radical (unpaired) electrons. The number of amides is 1. The summed E-state index contributed by atoms with van der Waals surface area (Å²) in [5.74, 6) is -0.905. The van der Waals surface area contributed by atoms with Crippen LogP contribution in [0.2, 0.25) is 0 Å². The number of carbonyl (C=O) groups excluding carboxylic acids is 1. The van der Waals surface area contributed by atoms with Crippen LogP contribution in [0.25, 0.3) is 11.2 Å². The third-order valence-electron chi connectivity index (χ3n) is 4.26. The molecule has 3 rings (SSSR count). The van der Waals surface area contributed by atoms with Gasteiger partial charge in [0.1, 0.15) is 0 Å². The van der Waals surface area contributed by atoms with Gasteiger partial charge in [0, 0.05) is 21.1 Å². The molecule has 0 saturated heterocycles. The standard InChI is InChI=1S/C17H16F3N5O3S/c1-23-13-12(14(27)25(3)16(28)24(13)2)22-15(23)29-8-11(26)21-10-7-5-4-6-9(10)17(18,19)20/h4-7H,8H2,1-3H3,(H,21,26). The van der Waals surface area contributed by atoms with Crippen LogP contribution in [0.3, 0.4) is 0 Å². The topological polar surface area (TPSA) is 90.9 Å². The highest BCUT2D eigenvalue weighted by Gasteiger charge is 2.33. The Balaban J connectivity index is 1.84. The zero-order valence-corrected chi connectivity index (χ0v) is 16.4. The summed E-state index contributed by atoms with van der Waals surface area (Å²) in [6.07, 6.45) is -4.60. The first-order valence-corrected chi connectivity index (χ1v) is 9.22. The fourth-order valence-corrected chi connectivity index (χ4v) is 3.61. The molecule has 0 aliphatic rings. The van der Waals surface area contributed by atoms with Crippen LogP contribution in [0, 0.1) is 0 Å². The summed E-state index contributed by atoms with van der Waals surface area (Å²) in [5.41, 5.74) is -2.05. The molecule has 0 unspecified atom stereocenters. The van der Waals surface area contributed by atoms with Crippen molar-refractivity contribution in [1.82, 2.24) is 18.7 Å². The molecule has 0 atom stereocenters. The van der Waals surface area contributed by atoms with E-state index in [9.17, 15) is 27.6 Å². The number of carbonyl (C=O) groups is 1. The molecule has 8 nitrogen and oxygen atoms in total. The number of aryl methyl sites for hydroxylation is 2. The SMILES string of the molecule is Cn1c(=O)c2nc(SCC(=O)Nc3ccccc3C(F)(F)F)n(C)c2n(C)c1=O. The first kappa shape index (κ1) is 20.7. The van der Waals surface area contributed by atoms with Gasteiger partial charge in [-0.25, -0.2) is 9.78 Å². The van der Waals surface area contributed by atoms with Crippen LogP contribution in [-0.4, -0.2) is 30.3 Å². The molecule has 2 aromatic heterocycles. The Morgan fingerprint density at radius 2 is 1.76 bits per heavy atom. The Kier molecular flexibility index (Phi) is 5.30. The van der Waals surface area contributed by atoms with Gasteiger partial charge in [0.2, 0.25) is 5.91 Å². The van der Waals surface area contributed by atoms with E-state index in [4.69, 9.17) is 0 Å². The number of halogens is 3. The second-order valence-electron chi connectivity index (χ2n) is 6.21. The summed E-state index contributed by atoms with van der Waals surface area (Å²) < 4.78 is 42.8. The maximum absolute atomic E-state index is 13.0. The third kappa shape index (κ3) is 3.79. The number of benzene rings is 1. The highest BCUT2D eigenvalue weighted by atomic mass is 32.2. The van der Waals surface area contributed by atoms with Gasteiger partial charge in [-0.15, -0.1) is 0 Å². The molecule has 154 valence electrons. The average Bonchev–Trinajstić information content (AvgIpc) is 2.99. The summed E-state index contributed by atoms with van der Waals surface area (Å²) in [5, 5.41) is 2.52. The zero-order chi connectivity index (χ0) is 21.5. The summed E-state index contributed by atoms with van der Waals surface area (Å²) in [7, 11) is 4.39. The van der Waals surface area contributed by atoms with E-state index in [1.54, 1.807) is 7.05 Å². The van der Waals surface area contributed by atoms with E-state index in [2.05, 4.69) is 10.3 Å². The number of thioether (sulfide) groups is 1. The fourth-order valence-electron chi connectivity index (χ4n) is 2.84.